The van der Waals surface area contributed by atoms with Crippen molar-refractivity contribution in [2.24, 2.45) is 0 Å². The molecule has 3 heterocycles. The Kier molecular flexibility index (Phi) is 6.09. The molecule has 2 aliphatic rings. The van der Waals surface area contributed by atoms with E-state index < -0.39 is 0 Å². The van der Waals surface area contributed by atoms with Crippen molar-refractivity contribution in [3.05, 3.63) is 47.9 Å². The van der Waals surface area contributed by atoms with Gasteiger partial charge in [0.25, 0.3) is 0 Å². The van der Waals surface area contributed by atoms with E-state index in [0.717, 1.165) is 63.3 Å². The predicted molar refractivity (Wildman–Crippen MR) is 112 cm³/mol. The first-order valence-electron chi connectivity index (χ1n) is 10.6. The minimum Gasteiger partial charge on any atom is -0.437 e. The quantitative estimate of drug-likeness (QED) is 0.790. The Balaban J connectivity index is 1.45. The van der Waals surface area contributed by atoms with Crippen molar-refractivity contribution in [1.82, 2.24) is 19.8 Å². The molecule has 2 aliphatic heterocycles. The molecule has 0 N–H and O–H groups in total. The lowest BCUT2D eigenvalue weighted by Gasteiger charge is -2.42. The molecule has 154 valence electrons. The van der Waals surface area contributed by atoms with Crippen LogP contribution in [-0.4, -0.2) is 57.9 Å². The first kappa shape index (κ1) is 19.8. The summed E-state index contributed by atoms with van der Waals surface area (Å²) in [5.41, 5.74) is 2.16. The summed E-state index contributed by atoms with van der Waals surface area (Å²) in [6.07, 6.45) is 7.83. The number of piperidine rings is 2. The molecule has 0 saturated carbocycles. The van der Waals surface area contributed by atoms with Gasteiger partial charge in [0.05, 0.1) is 0 Å². The number of hydrogen-bond donors (Lipinski definition) is 0. The van der Waals surface area contributed by atoms with Crippen LogP contribution in [0, 0.1) is 6.92 Å². The van der Waals surface area contributed by atoms with E-state index in [9.17, 15) is 4.79 Å². The number of carbonyl (C=O) groups excluding carboxylic acids is 1. The fourth-order valence-corrected chi connectivity index (χ4v) is 4.52. The highest BCUT2D eigenvalue weighted by Crippen LogP contribution is 2.34. The van der Waals surface area contributed by atoms with E-state index >= 15 is 0 Å². The maximum Gasteiger partial charge on any atom is 0.241 e. The van der Waals surface area contributed by atoms with E-state index in [1.54, 1.807) is 19.3 Å². The predicted octanol–water partition coefficient (Wildman–Crippen LogP) is 3.77. The van der Waals surface area contributed by atoms with Gasteiger partial charge in [-0.1, -0.05) is 17.7 Å². The van der Waals surface area contributed by atoms with Gasteiger partial charge in [-0.3, -0.25) is 14.7 Å². The molecule has 0 spiro atoms. The smallest absolute Gasteiger partial charge is 0.241 e. The number of ether oxygens (including phenoxy) is 1. The first-order valence-corrected chi connectivity index (χ1v) is 10.6. The zero-order valence-corrected chi connectivity index (χ0v) is 17.4. The molecule has 0 bridgehead atoms. The summed E-state index contributed by atoms with van der Waals surface area (Å²) in [6.45, 7) is 7.57. The fraction of sp³-hybridized carbons (Fsp3) is 0.522. The van der Waals surface area contributed by atoms with E-state index in [-0.39, 0.29) is 5.91 Å². The minimum atomic E-state index is 0.192. The van der Waals surface area contributed by atoms with Crippen LogP contribution in [0.4, 0.5) is 0 Å². The third kappa shape index (κ3) is 4.75. The highest BCUT2D eigenvalue weighted by atomic mass is 16.5. The molecule has 29 heavy (non-hydrogen) atoms. The average molecular weight is 395 g/mol. The molecule has 2 aromatic rings. The normalized spacial score (nSPS) is 21.2. The van der Waals surface area contributed by atoms with Gasteiger partial charge < -0.3 is 9.64 Å². The summed E-state index contributed by atoms with van der Waals surface area (Å²) < 4.78 is 6.10. The van der Waals surface area contributed by atoms with Crippen LogP contribution in [0.25, 0.3) is 0 Å². The second kappa shape index (κ2) is 8.91. The number of carbonyl (C=O) groups is 1. The Morgan fingerprint density at radius 2 is 1.76 bits per heavy atom. The lowest BCUT2D eigenvalue weighted by Crippen LogP contribution is -2.49. The molecule has 6 heteroatoms. The lowest BCUT2D eigenvalue weighted by molar-refractivity contribution is -0.130. The van der Waals surface area contributed by atoms with Crippen molar-refractivity contribution in [1.29, 1.82) is 0 Å². The summed E-state index contributed by atoms with van der Waals surface area (Å²) in [5.74, 6) is 1.93. The third-order valence-corrected chi connectivity index (χ3v) is 6.19. The highest BCUT2D eigenvalue weighted by Gasteiger charge is 2.32. The van der Waals surface area contributed by atoms with E-state index in [1.807, 2.05) is 29.2 Å². The van der Waals surface area contributed by atoms with Crippen LogP contribution in [0.1, 0.15) is 49.8 Å². The van der Waals surface area contributed by atoms with E-state index in [2.05, 4.69) is 21.8 Å². The van der Waals surface area contributed by atoms with Gasteiger partial charge in [0.2, 0.25) is 11.8 Å². The summed E-state index contributed by atoms with van der Waals surface area (Å²) in [4.78, 5) is 25.3. The molecular weight excluding hydrogens is 364 g/mol. The van der Waals surface area contributed by atoms with E-state index in [0.29, 0.717) is 17.8 Å². The van der Waals surface area contributed by atoms with Gasteiger partial charge in [-0.15, -0.1) is 0 Å². The van der Waals surface area contributed by atoms with Gasteiger partial charge in [-0.25, -0.2) is 4.98 Å². The van der Waals surface area contributed by atoms with Gasteiger partial charge in [0, 0.05) is 50.9 Å². The molecule has 6 nitrogen and oxygen atoms in total. The van der Waals surface area contributed by atoms with Gasteiger partial charge in [0.1, 0.15) is 11.4 Å². The maximum absolute atomic E-state index is 11.6. The van der Waals surface area contributed by atoms with Gasteiger partial charge in [-0.05, 0) is 51.3 Å². The Morgan fingerprint density at radius 3 is 2.48 bits per heavy atom. The Labute approximate surface area is 172 Å². The van der Waals surface area contributed by atoms with Gasteiger partial charge in [-0.2, -0.15) is 0 Å². The summed E-state index contributed by atoms with van der Waals surface area (Å²) in [5, 5.41) is 0. The number of hydrogen-bond acceptors (Lipinski definition) is 5. The van der Waals surface area contributed by atoms with Crippen molar-refractivity contribution in [3.8, 4) is 11.6 Å². The number of nitrogens with zero attached hydrogens (tertiary/aromatic N) is 4. The molecule has 1 aromatic heterocycles. The molecule has 0 radical (unpaired) electrons. The maximum atomic E-state index is 11.6. The van der Waals surface area contributed by atoms with Crippen LogP contribution < -0.4 is 4.74 Å². The number of benzene rings is 1. The molecule has 2 saturated heterocycles. The largest absolute Gasteiger partial charge is 0.437 e. The van der Waals surface area contributed by atoms with Crippen LogP contribution >= 0.6 is 0 Å². The van der Waals surface area contributed by atoms with E-state index in [4.69, 9.17) is 4.74 Å². The molecule has 4 rings (SSSR count). The minimum absolute atomic E-state index is 0.192. The van der Waals surface area contributed by atoms with Crippen LogP contribution in [0.3, 0.4) is 0 Å². The van der Waals surface area contributed by atoms with Crippen molar-refractivity contribution in [2.75, 3.05) is 26.2 Å². The number of likely N-dealkylation sites (tertiary alicyclic amines) is 2. The van der Waals surface area contributed by atoms with Crippen LogP contribution in [0.2, 0.25) is 0 Å². The number of aromatic nitrogens is 2. The van der Waals surface area contributed by atoms with Crippen molar-refractivity contribution >= 4 is 5.91 Å². The number of amides is 1. The van der Waals surface area contributed by atoms with Crippen LogP contribution in [-0.2, 0) is 4.79 Å². The Bertz CT molecular complexity index is 831. The molecule has 2 fully saturated rings. The summed E-state index contributed by atoms with van der Waals surface area (Å²) in [6, 6.07) is 8.59. The van der Waals surface area contributed by atoms with Crippen LogP contribution in [0.5, 0.6) is 11.6 Å². The van der Waals surface area contributed by atoms with Crippen LogP contribution in [0.15, 0.2) is 36.7 Å². The Morgan fingerprint density at radius 1 is 1.03 bits per heavy atom. The molecule has 1 atom stereocenters. The van der Waals surface area contributed by atoms with Crippen molar-refractivity contribution in [2.45, 2.75) is 51.5 Å². The van der Waals surface area contributed by atoms with Gasteiger partial charge in [0.15, 0.2) is 0 Å². The summed E-state index contributed by atoms with van der Waals surface area (Å²) in [7, 11) is 0. The zero-order chi connectivity index (χ0) is 20.2. The monoisotopic (exact) mass is 394 g/mol. The molecule has 0 aliphatic carbocycles. The standard InChI is InChI=1S/C23H30N4O2/c1-17-5-7-21(8-6-17)29-23-22(24-11-12-25-23)19-4-3-13-27(16-19)20-9-14-26(15-10-20)18(2)28/h5-8,11-12,19-20H,3-4,9-10,13-16H2,1-2H3/t19-/m1/s1. The third-order valence-electron chi connectivity index (χ3n) is 6.19. The van der Waals surface area contributed by atoms with E-state index in [1.165, 1.54) is 5.56 Å². The SMILES string of the molecule is CC(=O)N1CCC(N2CCC[C@@H](c3nccnc3Oc3ccc(C)cc3)C2)CC1. The highest BCUT2D eigenvalue weighted by molar-refractivity contribution is 5.73. The molecule has 0 unspecified atom stereocenters. The average Bonchev–Trinajstić information content (AvgIpc) is 2.76. The fourth-order valence-electron chi connectivity index (χ4n) is 4.52. The summed E-state index contributed by atoms with van der Waals surface area (Å²) >= 11 is 0. The lowest BCUT2D eigenvalue weighted by atomic mass is 9.91. The van der Waals surface area contributed by atoms with Crippen molar-refractivity contribution < 1.29 is 9.53 Å². The number of aryl methyl sites for hydroxylation is 1. The second-order valence-electron chi connectivity index (χ2n) is 8.23. The molecular formula is C23H30N4O2. The molecule has 1 amide bonds. The number of rotatable bonds is 4. The second-order valence-corrected chi connectivity index (χ2v) is 8.23. The zero-order valence-electron chi connectivity index (χ0n) is 17.4. The van der Waals surface area contributed by atoms with Gasteiger partial charge >= 0.3 is 0 Å². The molecule has 1 aromatic carbocycles. The Hall–Kier alpha value is -2.47. The van der Waals surface area contributed by atoms with Crippen molar-refractivity contribution in [3.63, 3.8) is 0 Å². The first-order chi connectivity index (χ1) is 14.1. The topological polar surface area (TPSA) is 58.6 Å².